The highest BCUT2D eigenvalue weighted by Gasteiger charge is 2.65. The number of ketones is 1. The fraction of sp³-hybridized carbons (Fsp3) is 0.920. The Kier molecular flexibility index (Phi) is 5.85. The highest BCUT2D eigenvalue weighted by molar-refractivity contribution is 5.83. The van der Waals surface area contributed by atoms with Gasteiger partial charge in [-0.05, 0) is 80.0 Å². The van der Waals surface area contributed by atoms with Crippen molar-refractivity contribution in [2.75, 3.05) is 7.11 Å². The Morgan fingerprint density at radius 2 is 1.90 bits per heavy atom. The molecule has 30 heavy (non-hydrogen) atoms. The van der Waals surface area contributed by atoms with Crippen LogP contribution in [0.3, 0.4) is 0 Å². The molecule has 0 aliphatic heterocycles. The first-order valence-corrected chi connectivity index (χ1v) is 12.1. The zero-order chi connectivity index (χ0) is 21.8. The predicted molar refractivity (Wildman–Crippen MR) is 113 cm³/mol. The number of carbonyl (C=O) groups is 2. The fourth-order valence-corrected chi connectivity index (χ4v) is 8.49. The molecule has 0 aromatic rings. The lowest BCUT2D eigenvalue weighted by Gasteiger charge is -2.61. The molecule has 0 heterocycles. The number of fused-ring (bicyclic) bond motifs is 5. The van der Waals surface area contributed by atoms with E-state index in [1.807, 2.05) is 0 Å². The average Bonchev–Trinajstić information content (AvgIpc) is 3.06. The first-order chi connectivity index (χ1) is 14.1. The summed E-state index contributed by atoms with van der Waals surface area (Å²) >= 11 is 0. The standard InChI is InChI=1S/C25H40O5/c1-14(5-8-22(29)30-4)17-6-7-18-23-19(13-21(28)25(17,18)3)24(2)10-9-16(26)11-15(24)12-20(23)27/h14-19,21,23,26,28H,5-13H2,1-4H3/t14-,15+,16-,17-,18+,19+,21?,23+,24+,25-/m1/s1. The summed E-state index contributed by atoms with van der Waals surface area (Å²) in [5.41, 5.74) is -0.210. The molecule has 0 radical (unpaired) electrons. The molecule has 0 bridgehead atoms. The van der Waals surface area contributed by atoms with Crippen LogP contribution in [0.2, 0.25) is 0 Å². The molecule has 4 fully saturated rings. The molecule has 1 unspecified atom stereocenters. The van der Waals surface area contributed by atoms with Crippen molar-refractivity contribution in [1.82, 2.24) is 0 Å². The molecular weight excluding hydrogens is 380 g/mol. The number of rotatable bonds is 4. The smallest absolute Gasteiger partial charge is 0.305 e. The lowest BCUT2D eigenvalue weighted by Crippen LogP contribution is -2.61. The van der Waals surface area contributed by atoms with Gasteiger partial charge in [-0.25, -0.2) is 0 Å². The van der Waals surface area contributed by atoms with Crippen molar-refractivity contribution in [3.8, 4) is 0 Å². The second-order valence-corrected chi connectivity index (χ2v) is 11.4. The van der Waals surface area contributed by atoms with E-state index < -0.39 is 6.10 Å². The van der Waals surface area contributed by atoms with Crippen molar-refractivity contribution in [2.45, 2.75) is 90.8 Å². The molecule has 0 spiro atoms. The van der Waals surface area contributed by atoms with Crippen molar-refractivity contribution < 1.29 is 24.5 Å². The Morgan fingerprint density at radius 3 is 2.60 bits per heavy atom. The quantitative estimate of drug-likeness (QED) is 0.677. The molecule has 5 heteroatoms. The Labute approximate surface area is 180 Å². The molecular formula is C25H40O5. The maximum atomic E-state index is 13.4. The van der Waals surface area contributed by atoms with Crippen LogP contribution in [0.4, 0.5) is 0 Å². The largest absolute Gasteiger partial charge is 0.469 e. The number of carbonyl (C=O) groups excluding carboxylic acids is 2. The van der Waals surface area contributed by atoms with Crippen LogP contribution in [0.15, 0.2) is 0 Å². The molecule has 0 aromatic heterocycles. The summed E-state index contributed by atoms with van der Waals surface area (Å²) in [4.78, 5) is 25.1. The summed E-state index contributed by atoms with van der Waals surface area (Å²) in [5, 5.41) is 21.7. The van der Waals surface area contributed by atoms with Crippen molar-refractivity contribution in [1.29, 1.82) is 0 Å². The third kappa shape index (κ3) is 3.26. The second-order valence-electron chi connectivity index (χ2n) is 11.4. The first-order valence-electron chi connectivity index (χ1n) is 12.1. The minimum Gasteiger partial charge on any atom is -0.469 e. The van der Waals surface area contributed by atoms with Gasteiger partial charge in [0.2, 0.25) is 0 Å². The van der Waals surface area contributed by atoms with Gasteiger partial charge in [0.15, 0.2) is 0 Å². The highest BCUT2D eigenvalue weighted by atomic mass is 16.5. The molecule has 4 rings (SSSR count). The maximum absolute atomic E-state index is 13.4. The number of aliphatic hydroxyl groups excluding tert-OH is 2. The summed E-state index contributed by atoms with van der Waals surface area (Å²) in [6.07, 6.45) is 6.32. The Bertz CT molecular complexity index is 691. The Balaban J connectivity index is 1.59. The Hall–Kier alpha value is -0.940. The fourth-order valence-electron chi connectivity index (χ4n) is 8.49. The van der Waals surface area contributed by atoms with E-state index in [1.165, 1.54) is 7.11 Å². The van der Waals surface area contributed by atoms with Gasteiger partial charge in [0.05, 0.1) is 19.3 Å². The lowest BCUT2D eigenvalue weighted by atomic mass is 9.43. The van der Waals surface area contributed by atoms with E-state index in [4.69, 9.17) is 4.74 Å². The van der Waals surface area contributed by atoms with Gasteiger partial charge in [-0.3, -0.25) is 9.59 Å². The summed E-state index contributed by atoms with van der Waals surface area (Å²) < 4.78 is 4.82. The van der Waals surface area contributed by atoms with Crippen LogP contribution < -0.4 is 0 Å². The van der Waals surface area contributed by atoms with E-state index in [-0.39, 0.29) is 46.6 Å². The second kappa shape index (κ2) is 7.88. The molecule has 0 saturated heterocycles. The van der Waals surface area contributed by atoms with Crippen LogP contribution in [0.5, 0.6) is 0 Å². The van der Waals surface area contributed by atoms with Gasteiger partial charge >= 0.3 is 5.97 Å². The molecule has 170 valence electrons. The minimum absolute atomic E-state index is 0.0488. The average molecular weight is 421 g/mol. The maximum Gasteiger partial charge on any atom is 0.305 e. The molecule has 10 atom stereocenters. The van der Waals surface area contributed by atoms with Gasteiger partial charge in [-0.2, -0.15) is 0 Å². The van der Waals surface area contributed by atoms with Crippen LogP contribution >= 0.6 is 0 Å². The van der Waals surface area contributed by atoms with Crippen LogP contribution in [-0.4, -0.2) is 41.3 Å². The molecule has 0 aromatic carbocycles. The molecule has 4 aliphatic carbocycles. The van der Waals surface area contributed by atoms with Crippen molar-refractivity contribution in [3.05, 3.63) is 0 Å². The van der Waals surface area contributed by atoms with E-state index >= 15 is 0 Å². The van der Waals surface area contributed by atoms with Crippen LogP contribution in [0, 0.1) is 46.3 Å². The van der Waals surface area contributed by atoms with Crippen LogP contribution in [0.25, 0.3) is 0 Å². The van der Waals surface area contributed by atoms with Crippen molar-refractivity contribution >= 4 is 11.8 Å². The monoisotopic (exact) mass is 420 g/mol. The van der Waals surface area contributed by atoms with Gasteiger partial charge in [0.1, 0.15) is 5.78 Å². The molecule has 5 nitrogen and oxygen atoms in total. The van der Waals surface area contributed by atoms with Gasteiger partial charge in [0.25, 0.3) is 0 Å². The normalized spacial score (nSPS) is 49.0. The number of Topliss-reactive ketones (excluding diaryl/α,β-unsaturated/α-hetero) is 1. The van der Waals surface area contributed by atoms with Crippen molar-refractivity contribution in [3.63, 3.8) is 0 Å². The first kappa shape index (κ1) is 22.3. The van der Waals surface area contributed by atoms with Crippen LogP contribution in [0.1, 0.15) is 78.6 Å². The van der Waals surface area contributed by atoms with E-state index in [9.17, 15) is 19.8 Å². The summed E-state index contributed by atoms with van der Waals surface area (Å²) in [5.74, 6) is 1.61. The molecule has 4 saturated carbocycles. The van der Waals surface area contributed by atoms with Gasteiger partial charge < -0.3 is 14.9 Å². The number of hydrogen-bond acceptors (Lipinski definition) is 5. The van der Waals surface area contributed by atoms with E-state index in [1.54, 1.807) is 0 Å². The lowest BCUT2D eigenvalue weighted by molar-refractivity contribution is -0.182. The van der Waals surface area contributed by atoms with Crippen molar-refractivity contribution in [2.24, 2.45) is 46.3 Å². The van der Waals surface area contributed by atoms with E-state index in [0.29, 0.717) is 36.9 Å². The van der Waals surface area contributed by atoms with E-state index in [0.717, 1.165) is 38.5 Å². The molecule has 4 aliphatic rings. The van der Waals surface area contributed by atoms with Crippen LogP contribution in [-0.2, 0) is 14.3 Å². The third-order valence-electron chi connectivity index (χ3n) is 10.3. The zero-order valence-electron chi connectivity index (χ0n) is 19.1. The number of hydrogen-bond donors (Lipinski definition) is 2. The number of esters is 1. The van der Waals surface area contributed by atoms with Gasteiger partial charge in [-0.15, -0.1) is 0 Å². The zero-order valence-corrected chi connectivity index (χ0v) is 19.1. The Morgan fingerprint density at radius 1 is 1.17 bits per heavy atom. The van der Waals surface area contributed by atoms with Gasteiger partial charge in [0, 0.05) is 24.2 Å². The molecule has 2 N–H and O–H groups in total. The predicted octanol–water partition coefficient (Wildman–Crippen LogP) is 3.75. The number of methoxy groups -OCH3 is 1. The topological polar surface area (TPSA) is 83.8 Å². The summed E-state index contributed by atoms with van der Waals surface area (Å²) in [6, 6.07) is 0. The SMILES string of the molecule is COC(=O)CC[C@@H](C)[C@H]1CC[C@H]2[C@@H]3C(=O)C[C@@H]4C[C@H](O)CC[C@]4(C)[C@H]3CC(O)[C@]12C. The summed E-state index contributed by atoms with van der Waals surface area (Å²) in [6.45, 7) is 6.74. The third-order valence-corrected chi connectivity index (χ3v) is 10.3. The highest BCUT2D eigenvalue weighted by Crippen LogP contribution is 2.67. The molecule has 0 amide bonds. The summed E-state index contributed by atoms with van der Waals surface area (Å²) in [7, 11) is 1.43. The minimum atomic E-state index is -0.410. The number of ether oxygens (including phenoxy) is 1. The van der Waals surface area contributed by atoms with E-state index in [2.05, 4.69) is 20.8 Å². The number of aliphatic hydroxyl groups is 2. The van der Waals surface area contributed by atoms with Gasteiger partial charge in [-0.1, -0.05) is 20.8 Å².